The van der Waals surface area contributed by atoms with Crippen LogP contribution in [0, 0.1) is 5.82 Å². The van der Waals surface area contributed by atoms with Crippen molar-refractivity contribution in [3.63, 3.8) is 0 Å². The minimum Gasteiger partial charge on any atom is -0.467 e. The molecule has 0 saturated heterocycles. The van der Waals surface area contributed by atoms with Crippen LogP contribution in [0.5, 0.6) is 0 Å². The van der Waals surface area contributed by atoms with E-state index in [0.717, 1.165) is 24.2 Å². The van der Waals surface area contributed by atoms with E-state index in [4.69, 9.17) is 4.42 Å². The Labute approximate surface area is 117 Å². The SMILES string of the molecule is O=C(Cc1ccc(F)cc1)N(Cc1ccco1)C1CC1. The fourth-order valence-corrected chi connectivity index (χ4v) is 2.26. The van der Waals surface area contributed by atoms with Crippen molar-refractivity contribution >= 4 is 5.91 Å². The first-order chi connectivity index (χ1) is 9.72. The lowest BCUT2D eigenvalue weighted by atomic mass is 10.1. The first-order valence-corrected chi connectivity index (χ1v) is 6.78. The van der Waals surface area contributed by atoms with E-state index in [9.17, 15) is 9.18 Å². The highest BCUT2D eigenvalue weighted by Crippen LogP contribution is 2.29. The molecule has 2 aromatic rings. The molecule has 0 atom stereocenters. The Morgan fingerprint density at radius 1 is 1.25 bits per heavy atom. The van der Waals surface area contributed by atoms with Gasteiger partial charge in [0, 0.05) is 6.04 Å². The number of halogens is 1. The Balaban J connectivity index is 1.67. The third-order valence-corrected chi connectivity index (χ3v) is 3.48. The Hall–Kier alpha value is -2.10. The molecule has 1 amide bonds. The zero-order valence-corrected chi connectivity index (χ0v) is 11.1. The van der Waals surface area contributed by atoms with E-state index >= 15 is 0 Å². The number of furan rings is 1. The summed E-state index contributed by atoms with van der Waals surface area (Å²) in [5.74, 6) is 0.579. The van der Waals surface area contributed by atoms with Crippen molar-refractivity contribution < 1.29 is 13.6 Å². The van der Waals surface area contributed by atoms with Crippen LogP contribution in [-0.4, -0.2) is 16.8 Å². The van der Waals surface area contributed by atoms with Crippen molar-refractivity contribution in [3.8, 4) is 0 Å². The van der Waals surface area contributed by atoms with Crippen LogP contribution in [0.2, 0.25) is 0 Å². The number of rotatable bonds is 5. The second kappa shape index (κ2) is 5.49. The summed E-state index contributed by atoms with van der Waals surface area (Å²) >= 11 is 0. The number of carbonyl (C=O) groups excluding carboxylic acids is 1. The topological polar surface area (TPSA) is 33.5 Å². The van der Waals surface area contributed by atoms with E-state index in [2.05, 4.69) is 0 Å². The molecule has 4 heteroatoms. The standard InChI is InChI=1S/C16H16FNO2/c17-13-5-3-12(4-6-13)10-16(19)18(14-7-8-14)11-15-2-1-9-20-15/h1-6,9,14H,7-8,10-11H2. The monoisotopic (exact) mass is 273 g/mol. The number of carbonyl (C=O) groups is 1. The Morgan fingerprint density at radius 3 is 2.60 bits per heavy atom. The molecule has 3 nitrogen and oxygen atoms in total. The van der Waals surface area contributed by atoms with Crippen molar-refractivity contribution in [1.29, 1.82) is 0 Å². The molecule has 0 spiro atoms. The molecule has 0 bridgehead atoms. The van der Waals surface area contributed by atoms with Crippen LogP contribution < -0.4 is 0 Å². The molecule has 20 heavy (non-hydrogen) atoms. The molecule has 1 fully saturated rings. The van der Waals surface area contributed by atoms with Gasteiger partial charge in [-0.25, -0.2) is 4.39 Å². The lowest BCUT2D eigenvalue weighted by Gasteiger charge is -2.21. The molecular formula is C16H16FNO2. The zero-order valence-electron chi connectivity index (χ0n) is 11.1. The average molecular weight is 273 g/mol. The zero-order chi connectivity index (χ0) is 13.9. The Kier molecular flexibility index (Phi) is 3.54. The molecule has 0 aliphatic heterocycles. The highest BCUT2D eigenvalue weighted by Gasteiger charge is 2.32. The lowest BCUT2D eigenvalue weighted by Crippen LogP contribution is -2.33. The van der Waals surface area contributed by atoms with Crippen LogP contribution in [0.1, 0.15) is 24.2 Å². The number of hydrogen-bond donors (Lipinski definition) is 0. The van der Waals surface area contributed by atoms with Crippen LogP contribution in [0.4, 0.5) is 4.39 Å². The fourth-order valence-electron chi connectivity index (χ4n) is 2.26. The molecule has 0 radical (unpaired) electrons. The number of hydrogen-bond acceptors (Lipinski definition) is 2. The molecule has 1 aliphatic rings. The van der Waals surface area contributed by atoms with Gasteiger partial charge >= 0.3 is 0 Å². The summed E-state index contributed by atoms with van der Waals surface area (Å²) in [5.41, 5.74) is 0.835. The van der Waals surface area contributed by atoms with Gasteiger partial charge in [-0.05, 0) is 42.7 Å². The predicted molar refractivity (Wildman–Crippen MR) is 72.4 cm³/mol. The smallest absolute Gasteiger partial charge is 0.227 e. The normalized spacial score (nSPS) is 14.2. The van der Waals surface area contributed by atoms with E-state index in [1.807, 2.05) is 17.0 Å². The van der Waals surface area contributed by atoms with E-state index in [-0.39, 0.29) is 11.7 Å². The van der Waals surface area contributed by atoms with Gasteiger partial charge in [0.2, 0.25) is 5.91 Å². The molecule has 1 heterocycles. The first-order valence-electron chi connectivity index (χ1n) is 6.78. The maximum Gasteiger partial charge on any atom is 0.227 e. The number of nitrogens with zero attached hydrogens (tertiary/aromatic N) is 1. The van der Waals surface area contributed by atoms with Gasteiger partial charge in [-0.2, -0.15) is 0 Å². The Morgan fingerprint density at radius 2 is 2.00 bits per heavy atom. The summed E-state index contributed by atoms with van der Waals surface area (Å²) in [4.78, 5) is 14.3. The average Bonchev–Trinajstić information content (AvgIpc) is 3.15. The molecule has 1 saturated carbocycles. The van der Waals surface area contributed by atoms with Crippen molar-refractivity contribution in [3.05, 3.63) is 59.8 Å². The van der Waals surface area contributed by atoms with Gasteiger partial charge in [0.1, 0.15) is 11.6 Å². The minimum atomic E-state index is -0.282. The number of amides is 1. The Bertz CT molecular complexity index is 573. The van der Waals surface area contributed by atoms with E-state index in [0.29, 0.717) is 19.0 Å². The second-order valence-electron chi connectivity index (χ2n) is 5.14. The van der Waals surface area contributed by atoms with Crippen LogP contribution in [0.3, 0.4) is 0 Å². The van der Waals surface area contributed by atoms with Crippen molar-refractivity contribution in [2.45, 2.75) is 31.8 Å². The predicted octanol–water partition coefficient (Wildman–Crippen LogP) is 3.15. The van der Waals surface area contributed by atoms with Gasteiger partial charge in [-0.3, -0.25) is 4.79 Å². The quantitative estimate of drug-likeness (QED) is 0.838. The molecule has 3 rings (SSSR count). The second-order valence-corrected chi connectivity index (χ2v) is 5.14. The van der Waals surface area contributed by atoms with Crippen LogP contribution >= 0.6 is 0 Å². The molecule has 0 unspecified atom stereocenters. The minimum absolute atomic E-state index is 0.0653. The summed E-state index contributed by atoms with van der Waals surface area (Å²) in [6, 6.07) is 10.1. The van der Waals surface area contributed by atoms with Crippen molar-refractivity contribution in [2.24, 2.45) is 0 Å². The highest BCUT2D eigenvalue weighted by atomic mass is 19.1. The van der Waals surface area contributed by atoms with Crippen LogP contribution in [-0.2, 0) is 17.8 Å². The van der Waals surface area contributed by atoms with E-state index < -0.39 is 0 Å². The van der Waals surface area contributed by atoms with Crippen LogP contribution in [0.15, 0.2) is 47.1 Å². The van der Waals surface area contributed by atoms with Gasteiger partial charge in [0.25, 0.3) is 0 Å². The maximum atomic E-state index is 12.9. The molecule has 1 aromatic heterocycles. The summed E-state index contributed by atoms with van der Waals surface area (Å²) in [6.45, 7) is 0.512. The molecule has 1 aliphatic carbocycles. The highest BCUT2D eigenvalue weighted by molar-refractivity contribution is 5.79. The first kappa shape index (κ1) is 12.9. The molecule has 1 aromatic carbocycles. The lowest BCUT2D eigenvalue weighted by molar-refractivity contribution is -0.131. The summed E-state index contributed by atoms with van der Waals surface area (Å²) in [6.07, 6.45) is 4.02. The summed E-state index contributed by atoms with van der Waals surface area (Å²) < 4.78 is 18.2. The van der Waals surface area contributed by atoms with Crippen LogP contribution in [0.25, 0.3) is 0 Å². The number of benzene rings is 1. The molecule has 0 N–H and O–H groups in total. The van der Waals surface area contributed by atoms with Gasteiger partial charge in [-0.1, -0.05) is 12.1 Å². The van der Waals surface area contributed by atoms with Crippen molar-refractivity contribution in [2.75, 3.05) is 0 Å². The van der Waals surface area contributed by atoms with Gasteiger partial charge in [-0.15, -0.1) is 0 Å². The molecule has 104 valence electrons. The summed E-state index contributed by atoms with van der Waals surface area (Å²) in [5, 5.41) is 0. The van der Waals surface area contributed by atoms with Gasteiger partial charge in [0.15, 0.2) is 0 Å². The van der Waals surface area contributed by atoms with Gasteiger partial charge < -0.3 is 9.32 Å². The summed E-state index contributed by atoms with van der Waals surface area (Å²) in [7, 11) is 0. The fraction of sp³-hybridized carbons (Fsp3) is 0.312. The third kappa shape index (κ3) is 3.07. The van der Waals surface area contributed by atoms with Crippen molar-refractivity contribution in [1.82, 2.24) is 4.90 Å². The molecular weight excluding hydrogens is 257 g/mol. The third-order valence-electron chi connectivity index (χ3n) is 3.48. The largest absolute Gasteiger partial charge is 0.467 e. The van der Waals surface area contributed by atoms with E-state index in [1.165, 1.54) is 12.1 Å². The van der Waals surface area contributed by atoms with E-state index in [1.54, 1.807) is 18.4 Å². The van der Waals surface area contributed by atoms with Gasteiger partial charge in [0.05, 0.1) is 19.2 Å². The maximum absolute atomic E-state index is 12.9.